The molecule has 2 nitrogen and oxygen atoms in total. The van der Waals surface area contributed by atoms with Crippen molar-refractivity contribution < 1.29 is 4.39 Å². The van der Waals surface area contributed by atoms with Crippen LogP contribution in [-0.4, -0.2) is 12.4 Å². The van der Waals surface area contributed by atoms with Crippen LogP contribution in [0.4, 0.5) is 4.39 Å². The quantitative estimate of drug-likeness (QED) is 0.280. The summed E-state index contributed by atoms with van der Waals surface area (Å²) in [6, 6.07) is 12.9. The lowest BCUT2D eigenvalue weighted by Crippen LogP contribution is -1.88. The minimum absolute atomic E-state index is 0.103. The Morgan fingerprint density at radius 1 is 0.880 bits per heavy atom. The first-order valence-corrected chi connectivity index (χ1v) is 9.17. The molecule has 0 aliphatic rings. The molecule has 0 aromatic heterocycles. The zero-order valence-electron chi connectivity index (χ0n) is 14.6. The summed E-state index contributed by atoms with van der Waals surface area (Å²) in [6.45, 7) is 2.23. The molecule has 0 saturated heterocycles. The van der Waals surface area contributed by atoms with E-state index >= 15 is 0 Å². The van der Waals surface area contributed by atoms with E-state index in [9.17, 15) is 4.39 Å². The molecule has 0 unspecified atom stereocenters. The molecule has 0 N–H and O–H groups in total. The molecule has 0 fully saturated rings. The second kappa shape index (κ2) is 10.8. The summed E-state index contributed by atoms with van der Waals surface area (Å²) in [6.07, 6.45) is 10.8. The van der Waals surface area contributed by atoms with Crippen molar-refractivity contribution in [3.05, 3.63) is 70.0 Å². The molecular formula is C21H24ClFN2. The highest BCUT2D eigenvalue weighted by molar-refractivity contribution is 6.30. The summed E-state index contributed by atoms with van der Waals surface area (Å²) in [5, 5.41) is 8.05. The monoisotopic (exact) mass is 358 g/mol. The fraction of sp³-hybridized carbons (Fsp3) is 0.333. The van der Waals surface area contributed by atoms with Crippen LogP contribution in [0.5, 0.6) is 0 Å². The summed E-state index contributed by atoms with van der Waals surface area (Å²) >= 11 is 5.64. The third-order valence-corrected chi connectivity index (χ3v) is 4.28. The van der Waals surface area contributed by atoms with Gasteiger partial charge in [-0.1, -0.05) is 74.5 Å². The molecule has 2 aromatic rings. The van der Waals surface area contributed by atoms with Crippen molar-refractivity contribution in [2.75, 3.05) is 0 Å². The molecule has 132 valence electrons. The fourth-order valence-corrected chi connectivity index (χ4v) is 2.61. The Hall–Kier alpha value is -2.00. The first kappa shape index (κ1) is 19.3. The standard InChI is InChI=1S/C21H24ClFN2/c1-2-3-4-5-6-7-17-8-10-18(11-9-17)15-24-25-16-19-12-13-20(22)21(23)14-19/h8-16H,2-7H2,1H3. The number of halogens is 2. The van der Waals surface area contributed by atoms with Crippen molar-refractivity contribution in [3.63, 3.8) is 0 Å². The molecule has 4 heteroatoms. The molecule has 0 aliphatic carbocycles. The average molecular weight is 359 g/mol. The van der Waals surface area contributed by atoms with Gasteiger partial charge in [-0.25, -0.2) is 4.39 Å². The Balaban J connectivity index is 1.80. The van der Waals surface area contributed by atoms with Gasteiger partial charge in [-0.2, -0.15) is 10.2 Å². The molecule has 25 heavy (non-hydrogen) atoms. The zero-order chi connectivity index (χ0) is 17.9. The van der Waals surface area contributed by atoms with Crippen LogP contribution in [0.25, 0.3) is 0 Å². The average Bonchev–Trinajstić information content (AvgIpc) is 2.62. The van der Waals surface area contributed by atoms with E-state index in [-0.39, 0.29) is 5.02 Å². The van der Waals surface area contributed by atoms with Crippen LogP contribution < -0.4 is 0 Å². The van der Waals surface area contributed by atoms with Gasteiger partial charge in [-0.15, -0.1) is 0 Å². The molecule has 0 heterocycles. The van der Waals surface area contributed by atoms with Gasteiger partial charge in [0.25, 0.3) is 0 Å². The van der Waals surface area contributed by atoms with E-state index in [1.807, 2.05) is 12.1 Å². The van der Waals surface area contributed by atoms with Crippen molar-refractivity contribution in [2.24, 2.45) is 10.2 Å². The van der Waals surface area contributed by atoms with Gasteiger partial charge >= 0.3 is 0 Å². The lowest BCUT2D eigenvalue weighted by Gasteiger charge is -2.02. The van der Waals surface area contributed by atoms with Crippen molar-refractivity contribution in [1.29, 1.82) is 0 Å². The zero-order valence-corrected chi connectivity index (χ0v) is 15.3. The fourth-order valence-electron chi connectivity index (χ4n) is 2.50. The first-order chi connectivity index (χ1) is 12.2. The third kappa shape index (κ3) is 7.18. The maximum absolute atomic E-state index is 13.3. The Morgan fingerprint density at radius 3 is 2.20 bits per heavy atom. The second-order valence-electron chi connectivity index (χ2n) is 6.07. The summed E-state index contributed by atoms with van der Waals surface area (Å²) in [5.74, 6) is -0.458. The Morgan fingerprint density at radius 2 is 1.52 bits per heavy atom. The van der Waals surface area contributed by atoms with Gasteiger partial charge in [0, 0.05) is 0 Å². The van der Waals surface area contributed by atoms with E-state index in [1.165, 1.54) is 56.0 Å². The van der Waals surface area contributed by atoms with Gasteiger partial charge in [0.1, 0.15) is 5.82 Å². The Labute approximate surface area is 154 Å². The number of hydrogen-bond acceptors (Lipinski definition) is 2. The van der Waals surface area contributed by atoms with E-state index in [2.05, 4.69) is 29.3 Å². The predicted octanol–water partition coefficient (Wildman–Crippen LogP) is 6.45. The Bertz CT molecular complexity index is 708. The summed E-state index contributed by atoms with van der Waals surface area (Å²) in [5.41, 5.74) is 2.97. The maximum Gasteiger partial charge on any atom is 0.142 e. The van der Waals surface area contributed by atoms with Crippen molar-refractivity contribution in [3.8, 4) is 0 Å². The maximum atomic E-state index is 13.3. The number of aryl methyl sites for hydroxylation is 1. The number of rotatable bonds is 9. The third-order valence-electron chi connectivity index (χ3n) is 3.97. The van der Waals surface area contributed by atoms with Crippen LogP contribution in [0.2, 0.25) is 5.02 Å². The molecule has 0 amide bonds. The molecule has 0 spiro atoms. The molecule has 0 bridgehead atoms. The summed E-state index contributed by atoms with van der Waals surface area (Å²) in [4.78, 5) is 0. The molecular weight excluding hydrogens is 335 g/mol. The number of nitrogens with zero attached hydrogens (tertiary/aromatic N) is 2. The molecule has 2 aromatic carbocycles. The van der Waals surface area contributed by atoms with Crippen LogP contribution >= 0.6 is 11.6 Å². The van der Waals surface area contributed by atoms with Gasteiger partial charge in [-0.3, -0.25) is 0 Å². The molecule has 2 rings (SSSR count). The van der Waals surface area contributed by atoms with Crippen LogP contribution in [-0.2, 0) is 6.42 Å². The van der Waals surface area contributed by atoms with Gasteiger partial charge in [0.15, 0.2) is 0 Å². The summed E-state index contributed by atoms with van der Waals surface area (Å²) < 4.78 is 13.3. The highest BCUT2D eigenvalue weighted by atomic mass is 35.5. The molecule has 0 radical (unpaired) electrons. The van der Waals surface area contributed by atoms with E-state index < -0.39 is 5.82 Å². The highest BCUT2D eigenvalue weighted by Crippen LogP contribution is 2.14. The number of hydrogen-bond donors (Lipinski definition) is 0. The topological polar surface area (TPSA) is 24.7 Å². The minimum Gasteiger partial charge on any atom is -0.205 e. The molecule has 0 atom stereocenters. The molecule has 0 saturated carbocycles. The van der Waals surface area contributed by atoms with Gasteiger partial charge < -0.3 is 0 Å². The predicted molar refractivity (Wildman–Crippen MR) is 106 cm³/mol. The van der Waals surface area contributed by atoms with Gasteiger partial charge in [0.2, 0.25) is 0 Å². The van der Waals surface area contributed by atoms with Crippen molar-refractivity contribution in [2.45, 2.75) is 45.4 Å². The van der Waals surface area contributed by atoms with Crippen LogP contribution in [0.3, 0.4) is 0 Å². The second-order valence-corrected chi connectivity index (χ2v) is 6.48. The lowest BCUT2D eigenvalue weighted by atomic mass is 10.0. The van der Waals surface area contributed by atoms with Gasteiger partial charge in [-0.05, 0) is 41.7 Å². The smallest absolute Gasteiger partial charge is 0.142 e. The van der Waals surface area contributed by atoms with Gasteiger partial charge in [0.05, 0.1) is 17.5 Å². The highest BCUT2D eigenvalue weighted by Gasteiger charge is 1.98. The van der Waals surface area contributed by atoms with Crippen molar-refractivity contribution in [1.82, 2.24) is 0 Å². The van der Waals surface area contributed by atoms with E-state index in [1.54, 1.807) is 12.3 Å². The first-order valence-electron chi connectivity index (χ1n) is 8.79. The van der Waals surface area contributed by atoms with E-state index in [0.717, 1.165) is 12.0 Å². The number of unbranched alkanes of at least 4 members (excludes halogenated alkanes) is 4. The largest absolute Gasteiger partial charge is 0.205 e. The number of benzene rings is 2. The van der Waals surface area contributed by atoms with Crippen LogP contribution in [0, 0.1) is 5.82 Å². The minimum atomic E-state index is -0.458. The Kier molecular flexibility index (Phi) is 8.33. The van der Waals surface area contributed by atoms with E-state index in [0.29, 0.717) is 5.56 Å². The lowest BCUT2D eigenvalue weighted by molar-refractivity contribution is 0.628. The SMILES string of the molecule is CCCCCCCc1ccc(C=NN=Cc2ccc(Cl)c(F)c2)cc1. The van der Waals surface area contributed by atoms with Crippen LogP contribution in [0.1, 0.15) is 55.7 Å². The van der Waals surface area contributed by atoms with Crippen LogP contribution in [0.15, 0.2) is 52.7 Å². The normalized spacial score (nSPS) is 11.6. The van der Waals surface area contributed by atoms with Crippen molar-refractivity contribution >= 4 is 24.0 Å². The summed E-state index contributed by atoms with van der Waals surface area (Å²) in [7, 11) is 0. The van der Waals surface area contributed by atoms with E-state index in [4.69, 9.17) is 11.6 Å². The molecule has 0 aliphatic heterocycles.